The van der Waals surface area contributed by atoms with E-state index in [4.69, 9.17) is 0 Å². The SMILES string of the molecule is CCCC(=O)c1ccc2ccccc2c1I. The van der Waals surface area contributed by atoms with Crippen LogP contribution in [0.1, 0.15) is 30.1 Å². The fourth-order valence-corrected chi connectivity index (χ4v) is 2.78. The Morgan fingerprint density at radius 3 is 2.69 bits per heavy atom. The van der Waals surface area contributed by atoms with Crippen molar-refractivity contribution in [3.05, 3.63) is 45.5 Å². The van der Waals surface area contributed by atoms with Crippen molar-refractivity contribution in [3.8, 4) is 0 Å². The van der Waals surface area contributed by atoms with E-state index in [-0.39, 0.29) is 5.78 Å². The highest BCUT2D eigenvalue weighted by Gasteiger charge is 2.10. The van der Waals surface area contributed by atoms with Crippen molar-refractivity contribution < 1.29 is 4.79 Å². The molecule has 2 heteroatoms. The van der Waals surface area contributed by atoms with Gasteiger partial charge in [0.2, 0.25) is 0 Å². The lowest BCUT2D eigenvalue weighted by molar-refractivity contribution is 0.0981. The molecule has 0 aliphatic rings. The molecule has 0 heterocycles. The van der Waals surface area contributed by atoms with Gasteiger partial charge in [-0.1, -0.05) is 37.3 Å². The van der Waals surface area contributed by atoms with Crippen molar-refractivity contribution in [2.24, 2.45) is 0 Å². The minimum Gasteiger partial charge on any atom is -0.294 e. The zero-order valence-corrected chi connectivity index (χ0v) is 11.3. The van der Waals surface area contributed by atoms with Gasteiger partial charge in [0.05, 0.1) is 0 Å². The van der Waals surface area contributed by atoms with Gasteiger partial charge in [-0.2, -0.15) is 0 Å². The molecule has 0 aliphatic heterocycles. The van der Waals surface area contributed by atoms with Crippen LogP contribution in [0.5, 0.6) is 0 Å². The maximum Gasteiger partial charge on any atom is 0.163 e. The molecule has 2 aromatic rings. The van der Waals surface area contributed by atoms with Crippen LogP contribution in [0.25, 0.3) is 10.8 Å². The standard InChI is InChI=1S/C14H13IO/c1-2-5-13(16)12-9-8-10-6-3-4-7-11(10)14(12)15/h3-4,6-9H,2,5H2,1H3. The molecule has 2 aromatic carbocycles. The van der Waals surface area contributed by atoms with Gasteiger partial charge in [0, 0.05) is 15.6 Å². The van der Waals surface area contributed by atoms with E-state index in [2.05, 4.69) is 34.7 Å². The Hall–Kier alpha value is -0.900. The van der Waals surface area contributed by atoms with Crippen LogP contribution in [0.2, 0.25) is 0 Å². The fourth-order valence-electron chi connectivity index (χ4n) is 1.81. The summed E-state index contributed by atoms with van der Waals surface area (Å²) in [5.74, 6) is 0.248. The van der Waals surface area contributed by atoms with Crippen molar-refractivity contribution in [2.45, 2.75) is 19.8 Å². The van der Waals surface area contributed by atoms with E-state index in [1.54, 1.807) is 0 Å². The smallest absolute Gasteiger partial charge is 0.163 e. The lowest BCUT2D eigenvalue weighted by Gasteiger charge is -2.06. The first-order chi connectivity index (χ1) is 7.74. The second-order valence-corrected chi connectivity index (χ2v) is 4.90. The van der Waals surface area contributed by atoms with Gasteiger partial charge in [0.1, 0.15) is 0 Å². The quantitative estimate of drug-likeness (QED) is 0.603. The number of fused-ring (bicyclic) bond motifs is 1. The molecule has 0 unspecified atom stereocenters. The monoisotopic (exact) mass is 324 g/mol. The lowest BCUT2D eigenvalue weighted by atomic mass is 10.0. The van der Waals surface area contributed by atoms with E-state index in [9.17, 15) is 4.79 Å². The van der Waals surface area contributed by atoms with Gasteiger partial charge in [0.15, 0.2) is 5.78 Å². The molecule has 1 nitrogen and oxygen atoms in total. The number of halogens is 1. The summed E-state index contributed by atoms with van der Waals surface area (Å²) in [6.07, 6.45) is 1.54. The van der Waals surface area contributed by atoms with Gasteiger partial charge in [-0.05, 0) is 45.9 Å². The van der Waals surface area contributed by atoms with Crippen LogP contribution in [0.15, 0.2) is 36.4 Å². The number of carbonyl (C=O) groups is 1. The molecule has 16 heavy (non-hydrogen) atoms. The number of carbonyl (C=O) groups excluding carboxylic acids is 1. The number of ketones is 1. The highest BCUT2D eigenvalue weighted by molar-refractivity contribution is 14.1. The second kappa shape index (κ2) is 4.95. The van der Waals surface area contributed by atoms with Gasteiger partial charge >= 0.3 is 0 Å². The molecule has 0 saturated carbocycles. The van der Waals surface area contributed by atoms with E-state index >= 15 is 0 Å². The molecule has 0 saturated heterocycles. The van der Waals surface area contributed by atoms with Crippen LogP contribution in [0, 0.1) is 3.57 Å². The first-order valence-electron chi connectivity index (χ1n) is 5.44. The molecular weight excluding hydrogens is 311 g/mol. The Morgan fingerprint density at radius 1 is 1.19 bits per heavy atom. The van der Waals surface area contributed by atoms with E-state index in [0.29, 0.717) is 6.42 Å². The van der Waals surface area contributed by atoms with Gasteiger partial charge in [-0.15, -0.1) is 0 Å². The molecule has 0 spiro atoms. The van der Waals surface area contributed by atoms with Crippen molar-refractivity contribution in [1.29, 1.82) is 0 Å². The van der Waals surface area contributed by atoms with Crippen molar-refractivity contribution >= 4 is 39.1 Å². The van der Waals surface area contributed by atoms with Gasteiger partial charge in [-0.3, -0.25) is 4.79 Å². The lowest BCUT2D eigenvalue weighted by Crippen LogP contribution is -2.01. The Labute approximate surface area is 109 Å². The Bertz CT molecular complexity index is 531. The third-order valence-electron chi connectivity index (χ3n) is 2.64. The number of benzene rings is 2. The normalized spacial score (nSPS) is 10.6. The number of hydrogen-bond acceptors (Lipinski definition) is 1. The highest BCUT2D eigenvalue weighted by atomic mass is 127. The summed E-state index contributed by atoms with van der Waals surface area (Å²) in [5.41, 5.74) is 0.862. The predicted molar refractivity (Wildman–Crippen MR) is 75.9 cm³/mol. The molecule has 0 N–H and O–H groups in total. The van der Waals surface area contributed by atoms with E-state index in [0.717, 1.165) is 15.6 Å². The largest absolute Gasteiger partial charge is 0.294 e. The molecule has 0 aliphatic carbocycles. The van der Waals surface area contributed by atoms with E-state index in [1.807, 2.05) is 31.2 Å². The molecule has 0 bridgehead atoms. The highest BCUT2D eigenvalue weighted by Crippen LogP contribution is 2.25. The van der Waals surface area contributed by atoms with E-state index < -0.39 is 0 Å². The summed E-state index contributed by atoms with van der Waals surface area (Å²) in [4.78, 5) is 11.9. The average Bonchev–Trinajstić information content (AvgIpc) is 2.30. The van der Waals surface area contributed by atoms with Crippen molar-refractivity contribution in [3.63, 3.8) is 0 Å². The zero-order chi connectivity index (χ0) is 11.5. The molecule has 0 radical (unpaired) electrons. The summed E-state index contributed by atoms with van der Waals surface area (Å²) in [7, 11) is 0. The minimum atomic E-state index is 0.248. The summed E-state index contributed by atoms with van der Waals surface area (Å²) in [5, 5.41) is 2.37. The van der Waals surface area contributed by atoms with Crippen LogP contribution in [-0.2, 0) is 0 Å². The molecule has 0 aromatic heterocycles. The van der Waals surface area contributed by atoms with Crippen LogP contribution < -0.4 is 0 Å². The molecule has 82 valence electrons. The second-order valence-electron chi connectivity index (χ2n) is 3.82. The average molecular weight is 324 g/mol. The maximum absolute atomic E-state index is 11.9. The Kier molecular flexibility index (Phi) is 3.59. The van der Waals surface area contributed by atoms with Gasteiger partial charge in [-0.25, -0.2) is 0 Å². The molecule has 0 amide bonds. The molecule has 0 fully saturated rings. The first-order valence-corrected chi connectivity index (χ1v) is 6.52. The Morgan fingerprint density at radius 2 is 1.94 bits per heavy atom. The maximum atomic E-state index is 11.9. The van der Waals surface area contributed by atoms with E-state index in [1.165, 1.54) is 10.8 Å². The summed E-state index contributed by atoms with van der Waals surface area (Å²) in [6.45, 7) is 2.03. The van der Waals surface area contributed by atoms with Gasteiger partial charge in [0.25, 0.3) is 0 Å². The van der Waals surface area contributed by atoms with Crippen molar-refractivity contribution in [2.75, 3.05) is 0 Å². The molecular formula is C14H13IO. The number of Topliss-reactive ketones (excluding diaryl/α,β-unsaturated/α-hetero) is 1. The predicted octanol–water partition coefficient (Wildman–Crippen LogP) is 4.43. The topological polar surface area (TPSA) is 17.1 Å². The molecule has 2 rings (SSSR count). The zero-order valence-electron chi connectivity index (χ0n) is 9.16. The molecule has 0 atom stereocenters. The van der Waals surface area contributed by atoms with Crippen molar-refractivity contribution in [1.82, 2.24) is 0 Å². The third-order valence-corrected chi connectivity index (χ3v) is 3.80. The summed E-state index contributed by atoms with van der Waals surface area (Å²) < 4.78 is 1.08. The number of rotatable bonds is 3. The van der Waals surface area contributed by atoms with Crippen LogP contribution in [-0.4, -0.2) is 5.78 Å². The fraction of sp³-hybridized carbons (Fsp3) is 0.214. The number of hydrogen-bond donors (Lipinski definition) is 0. The summed E-state index contributed by atoms with van der Waals surface area (Å²) in [6, 6.07) is 12.2. The minimum absolute atomic E-state index is 0.248. The Balaban J connectivity index is 2.56. The van der Waals surface area contributed by atoms with Crippen LogP contribution >= 0.6 is 22.6 Å². The first kappa shape index (κ1) is 11.6. The van der Waals surface area contributed by atoms with Crippen LogP contribution in [0.3, 0.4) is 0 Å². The summed E-state index contributed by atoms with van der Waals surface area (Å²) >= 11 is 2.27. The van der Waals surface area contributed by atoms with Gasteiger partial charge < -0.3 is 0 Å². The third kappa shape index (κ3) is 2.12. The van der Waals surface area contributed by atoms with Crippen LogP contribution in [0.4, 0.5) is 0 Å².